The molecule has 0 aliphatic heterocycles. The number of hydrogen-bond donors (Lipinski definition) is 1. The van der Waals surface area contributed by atoms with E-state index in [4.69, 9.17) is 11.6 Å². The fraction of sp³-hybridized carbons (Fsp3) is 0.103. The number of anilines is 1. The van der Waals surface area contributed by atoms with Gasteiger partial charge < -0.3 is 9.88 Å². The summed E-state index contributed by atoms with van der Waals surface area (Å²) < 4.78 is 4.35. The van der Waals surface area contributed by atoms with Gasteiger partial charge in [0, 0.05) is 35.9 Å². The highest BCUT2D eigenvalue weighted by molar-refractivity contribution is 6.31. The summed E-state index contributed by atoms with van der Waals surface area (Å²) in [5.74, 6) is -0.0925. The first kappa shape index (κ1) is 22.7. The zero-order valence-corrected chi connectivity index (χ0v) is 20.3. The molecule has 0 saturated heterocycles. The van der Waals surface area contributed by atoms with Gasteiger partial charge in [0.05, 0.1) is 17.6 Å². The molecule has 1 amide bonds. The smallest absolute Gasteiger partial charge is 0.221 e. The van der Waals surface area contributed by atoms with Crippen LogP contribution in [0.25, 0.3) is 27.8 Å². The molecule has 5 aromatic rings. The van der Waals surface area contributed by atoms with E-state index in [1.165, 1.54) is 6.92 Å². The minimum absolute atomic E-state index is 0.0925. The summed E-state index contributed by atoms with van der Waals surface area (Å²) in [6.45, 7) is 2.13. The Morgan fingerprint density at radius 3 is 2.23 bits per heavy atom. The van der Waals surface area contributed by atoms with Crippen LogP contribution in [0, 0.1) is 0 Å². The molecule has 174 valence electrons. The number of halogens is 1. The normalized spacial score (nSPS) is 11.7. The lowest BCUT2D eigenvalue weighted by atomic mass is 10.0. The van der Waals surface area contributed by atoms with Crippen LogP contribution in [0.1, 0.15) is 12.5 Å². The van der Waals surface area contributed by atoms with Gasteiger partial charge >= 0.3 is 0 Å². The quantitative estimate of drug-likeness (QED) is 0.316. The number of carbonyl (C=O) groups is 1. The Morgan fingerprint density at radius 2 is 1.51 bits per heavy atom. The molecule has 0 fully saturated rings. The molecule has 0 spiro atoms. The zero-order chi connectivity index (χ0) is 24.4. The van der Waals surface area contributed by atoms with Crippen LogP contribution in [-0.2, 0) is 11.3 Å². The summed E-state index contributed by atoms with van der Waals surface area (Å²) >= 11 is 6.49. The lowest BCUT2D eigenvalue weighted by Crippen LogP contribution is -2.25. The number of para-hydroxylation sites is 3. The fourth-order valence-electron chi connectivity index (χ4n) is 4.47. The second-order valence-electron chi connectivity index (χ2n) is 8.30. The molecule has 5 rings (SSSR count). The van der Waals surface area contributed by atoms with Gasteiger partial charge in [-0.05, 0) is 47.5 Å². The van der Waals surface area contributed by atoms with Crippen molar-refractivity contribution >= 4 is 34.2 Å². The SMILES string of the molecule is CN=c1n(Cc2ccccc2Cl)c2ccccc2n1-c1ccc(-c2ccccc2NC(C)=O)cc1. The molecule has 0 bridgehead atoms. The van der Waals surface area contributed by atoms with Crippen LogP contribution in [0.3, 0.4) is 0 Å². The summed E-state index contributed by atoms with van der Waals surface area (Å²) in [6.07, 6.45) is 0. The van der Waals surface area contributed by atoms with Crippen molar-refractivity contribution in [2.24, 2.45) is 4.99 Å². The van der Waals surface area contributed by atoms with Crippen LogP contribution in [0.5, 0.6) is 0 Å². The van der Waals surface area contributed by atoms with Crippen LogP contribution in [-0.4, -0.2) is 22.1 Å². The highest BCUT2D eigenvalue weighted by Crippen LogP contribution is 2.29. The maximum Gasteiger partial charge on any atom is 0.221 e. The number of benzene rings is 4. The molecule has 1 aromatic heterocycles. The van der Waals surface area contributed by atoms with Gasteiger partial charge in [-0.1, -0.05) is 72.3 Å². The van der Waals surface area contributed by atoms with Crippen LogP contribution < -0.4 is 10.9 Å². The molecule has 0 atom stereocenters. The number of fused-ring (bicyclic) bond motifs is 1. The predicted octanol–water partition coefficient (Wildman–Crippen LogP) is 6.29. The summed E-state index contributed by atoms with van der Waals surface area (Å²) in [6, 6.07) is 32.3. The molecule has 0 unspecified atom stereocenters. The average molecular weight is 481 g/mol. The minimum atomic E-state index is -0.0925. The summed E-state index contributed by atoms with van der Waals surface area (Å²) in [5.41, 5.74) is 7.80. The number of amides is 1. The fourth-order valence-corrected chi connectivity index (χ4v) is 4.66. The standard InChI is InChI=1S/C29H25ClN4O/c1-20(35)32-26-12-6-4-10-24(26)21-15-17-23(18-16-21)34-28-14-8-7-13-27(28)33(29(34)31-2)19-22-9-3-5-11-25(22)30/h3-18H,19H2,1-2H3,(H,32,35). The van der Waals surface area contributed by atoms with Crippen LogP contribution in [0.15, 0.2) is 102 Å². The maximum absolute atomic E-state index is 11.6. The second-order valence-corrected chi connectivity index (χ2v) is 8.71. The molecule has 1 N–H and O–H groups in total. The molecule has 0 saturated carbocycles. The molecule has 6 heteroatoms. The van der Waals surface area contributed by atoms with E-state index in [2.05, 4.69) is 55.8 Å². The van der Waals surface area contributed by atoms with Gasteiger partial charge in [0.2, 0.25) is 11.5 Å². The maximum atomic E-state index is 11.6. The summed E-state index contributed by atoms with van der Waals surface area (Å²) in [5, 5.41) is 3.66. The van der Waals surface area contributed by atoms with Gasteiger partial charge in [-0.15, -0.1) is 0 Å². The molecule has 0 aliphatic rings. The third-order valence-corrected chi connectivity index (χ3v) is 6.38. The van der Waals surface area contributed by atoms with Crippen molar-refractivity contribution in [3.05, 3.63) is 113 Å². The Bertz CT molecular complexity index is 1600. The van der Waals surface area contributed by atoms with Crippen molar-refractivity contribution in [2.75, 3.05) is 12.4 Å². The Balaban J connectivity index is 1.62. The number of imidazole rings is 1. The number of nitrogens with one attached hydrogen (secondary N) is 1. The topological polar surface area (TPSA) is 51.3 Å². The lowest BCUT2D eigenvalue weighted by molar-refractivity contribution is -0.114. The van der Waals surface area contributed by atoms with E-state index < -0.39 is 0 Å². The van der Waals surface area contributed by atoms with Crippen molar-refractivity contribution < 1.29 is 4.79 Å². The second kappa shape index (κ2) is 9.65. The van der Waals surface area contributed by atoms with Gasteiger partial charge in [0.1, 0.15) is 0 Å². The Kier molecular flexibility index (Phi) is 6.25. The number of carbonyl (C=O) groups excluding carboxylic acids is 1. The Morgan fingerprint density at radius 1 is 0.857 bits per heavy atom. The number of rotatable bonds is 5. The van der Waals surface area contributed by atoms with Crippen molar-refractivity contribution in [1.82, 2.24) is 9.13 Å². The Hall–Kier alpha value is -4.09. The first-order valence-electron chi connectivity index (χ1n) is 11.4. The lowest BCUT2D eigenvalue weighted by Gasteiger charge is -2.11. The van der Waals surface area contributed by atoms with E-state index in [1.807, 2.05) is 67.7 Å². The molecular formula is C29H25ClN4O. The monoisotopic (exact) mass is 480 g/mol. The number of aromatic nitrogens is 2. The first-order valence-corrected chi connectivity index (χ1v) is 11.8. The Labute approximate surface area is 209 Å². The van der Waals surface area contributed by atoms with E-state index in [9.17, 15) is 4.79 Å². The summed E-state index contributed by atoms with van der Waals surface area (Å²) in [4.78, 5) is 16.3. The van der Waals surface area contributed by atoms with Crippen molar-refractivity contribution in [2.45, 2.75) is 13.5 Å². The van der Waals surface area contributed by atoms with Crippen LogP contribution >= 0.6 is 11.6 Å². The van der Waals surface area contributed by atoms with Gasteiger partial charge in [-0.2, -0.15) is 0 Å². The predicted molar refractivity (Wildman–Crippen MR) is 143 cm³/mol. The zero-order valence-electron chi connectivity index (χ0n) is 19.6. The molecule has 5 nitrogen and oxygen atoms in total. The highest BCUT2D eigenvalue weighted by atomic mass is 35.5. The van der Waals surface area contributed by atoms with Crippen LogP contribution in [0.4, 0.5) is 5.69 Å². The molecule has 35 heavy (non-hydrogen) atoms. The average Bonchev–Trinajstić information content (AvgIpc) is 3.19. The highest BCUT2D eigenvalue weighted by Gasteiger charge is 2.15. The summed E-state index contributed by atoms with van der Waals surface area (Å²) in [7, 11) is 1.81. The third-order valence-electron chi connectivity index (χ3n) is 6.02. The van der Waals surface area contributed by atoms with Gasteiger partial charge in [0.25, 0.3) is 0 Å². The number of nitrogens with zero attached hydrogens (tertiary/aromatic N) is 3. The van der Waals surface area contributed by atoms with Crippen LogP contribution in [0.2, 0.25) is 5.02 Å². The largest absolute Gasteiger partial charge is 0.326 e. The van der Waals surface area contributed by atoms with E-state index in [0.29, 0.717) is 6.54 Å². The van der Waals surface area contributed by atoms with Gasteiger partial charge in [-0.25, -0.2) is 0 Å². The molecule has 0 radical (unpaired) electrons. The van der Waals surface area contributed by atoms with Crippen molar-refractivity contribution in [3.63, 3.8) is 0 Å². The molecule has 1 heterocycles. The first-order chi connectivity index (χ1) is 17.1. The van der Waals surface area contributed by atoms with E-state index in [0.717, 1.165) is 49.7 Å². The van der Waals surface area contributed by atoms with Crippen molar-refractivity contribution in [3.8, 4) is 16.8 Å². The van der Waals surface area contributed by atoms with E-state index >= 15 is 0 Å². The third kappa shape index (κ3) is 4.38. The van der Waals surface area contributed by atoms with E-state index in [1.54, 1.807) is 0 Å². The van der Waals surface area contributed by atoms with E-state index in [-0.39, 0.29) is 5.91 Å². The minimum Gasteiger partial charge on any atom is -0.326 e. The molecule has 4 aromatic carbocycles. The number of hydrogen-bond acceptors (Lipinski definition) is 2. The van der Waals surface area contributed by atoms with Crippen molar-refractivity contribution in [1.29, 1.82) is 0 Å². The van der Waals surface area contributed by atoms with Gasteiger partial charge in [0.15, 0.2) is 0 Å². The molecule has 0 aliphatic carbocycles. The molecular weight excluding hydrogens is 456 g/mol. The van der Waals surface area contributed by atoms with Gasteiger partial charge in [-0.3, -0.25) is 14.4 Å².